The average molecular weight is 310 g/mol. The van der Waals surface area contributed by atoms with Crippen molar-refractivity contribution in [2.75, 3.05) is 13.1 Å². The Bertz CT molecular complexity index is 777. The number of benzene rings is 1. The summed E-state index contributed by atoms with van der Waals surface area (Å²) in [6.07, 6.45) is 5.54. The molecule has 6 heterocycles. The summed E-state index contributed by atoms with van der Waals surface area (Å²) in [6, 6.07) is 7.96. The molecule has 5 fully saturated rings. The van der Waals surface area contributed by atoms with Crippen LogP contribution in [0.3, 0.4) is 0 Å². The standard InChI is InChI=1S/C19H22N2O2/c1-2-19-11-21-8-6-12(19)9-17(21)18(23-19)14-5-7-20-16-4-3-13(22)10-15(14)16/h3-5,7,10,12,17-18,22H,2,6,8-9,11H2,1H3/t12?,17?,18-,19?/m1/s1. The Kier molecular flexibility index (Phi) is 2.80. The molecule has 2 aromatic rings. The highest BCUT2D eigenvalue weighted by atomic mass is 16.5. The first-order chi connectivity index (χ1) is 11.2. The average Bonchev–Trinajstić information content (AvgIpc) is 2.61. The number of piperidine rings is 3. The number of pyridine rings is 1. The highest BCUT2D eigenvalue weighted by molar-refractivity contribution is 5.83. The van der Waals surface area contributed by atoms with E-state index in [9.17, 15) is 5.11 Å². The monoisotopic (exact) mass is 310 g/mol. The molecular weight excluding hydrogens is 288 g/mol. The molecule has 4 bridgehead atoms. The summed E-state index contributed by atoms with van der Waals surface area (Å²) in [5.41, 5.74) is 2.12. The van der Waals surface area contributed by atoms with E-state index in [1.165, 1.54) is 24.9 Å². The number of fused-ring (bicyclic) bond motifs is 3. The molecular formula is C19H22N2O2. The number of phenols is 1. The Balaban J connectivity index is 1.64. The second kappa shape index (κ2) is 4.68. The third kappa shape index (κ3) is 1.82. The number of nitrogens with zero attached hydrogens (tertiary/aromatic N) is 2. The van der Waals surface area contributed by atoms with E-state index < -0.39 is 0 Å². The van der Waals surface area contributed by atoms with Gasteiger partial charge in [0, 0.05) is 24.2 Å². The van der Waals surface area contributed by atoms with E-state index >= 15 is 0 Å². The van der Waals surface area contributed by atoms with Gasteiger partial charge < -0.3 is 9.84 Å². The second-order valence-corrected chi connectivity index (χ2v) is 7.32. The molecule has 120 valence electrons. The molecule has 0 saturated carbocycles. The molecule has 5 aliphatic heterocycles. The summed E-state index contributed by atoms with van der Waals surface area (Å²) >= 11 is 0. The number of ether oxygens (including phenoxy) is 1. The molecule has 5 atom stereocenters. The van der Waals surface area contributed by atoms with Crippen LogP contribution in [0.4, 0.5) is 0 Å². The second-order valence-electron chi connectivity index (χ2n) is 7.32. The maximum atomic E-state index is 9.91. The zero-order valence-electron chi connectivity index (χ0n) is 13.4. The topological polar surface area (TPSA) is 45.6 Å². The van der Waals surface area contributed by atoms with Gasteiger partial charge in [-0.3, -0.25) is 9.88 Å². The van der Waals surface area contributed by atoms with Crippen LogP contribution in [0, 0.1) is 5.92 Å². The van der Waals surface area contributed by atoms with Gasteiger partial charge in [0.2, 0.25) is 0 Å². The molecule has 0 amide bonds. The smallest absolute Gasteiger partial charge is 0.116 e. The third-order valence-corrected chi connectivity index (χ3v) is 6.35. The van der Waals surface area contributed by atoms with Crippen LogP contribution in [-0.2, 0) is 4.74 Å². The number of hydrogen-bond donors (Lipinski definition) is 1. The number of morpholine rings is 1. The molecule has 23 heavy (non-hydrogen) atoms. The van der Waals surface area contributed by atoms with Gasteiger partial charge in [-0.1, -0.05) is 6.92 Å². The van der Waals surface area contributed by atoms with Crippen LogP contribution < -0.4 is 0 Å². The summed E-state index contributed by atoms with van der Waals surface area (Å²) in [5, 5.41) is 10.9. The Morgan fingerprint density at radius 2 is 2.30 bits per heavy atom. The molecule has 5 saturated heterocycles. The van der Waals surface area contributed by atoms with Crippen molar-refractivity contribution in [1.29, 1.82) is 0 Å². The number of aromatic hydroxyl groups is 1. The van der Waals surface area contributed by atoms with Crippen molar-refractivity contribution in [2.24, 2.45) is 5.92 Å². The van der Waals surface area contributed by atoms with Gasteiger partial charge in [0.25, 0.3) is 0 Å². The van der Waals surface area contributed by atoms with Crippen LogP contribution in [-0.4, -0.2) is 39.7 Å². The quantitative estimate of drug-likeness (QED) is 0.925. The molecule has 4 unspecified atom stereocenters. The van der Waals surface area contributed by atoms with Crippen LogP contribution in [0.1, 0.15) is 37.9 Å². The van der Waals surface area contributed by atoms with Crippen molar-refractivity contribution in [3.05, 3.63) is 36.0 Å². The molecule has 4 nitrogen and oxygen atoms in total. The molecule has 0 spiro atoms. The maximum Gasteiger partial charge on any atom is 0.116 e. The first-order valence-corrected chi connectivity index (χ1v) is 8.70. The minimum absolute atomic E-state index is 0.0179. The highest BCUT2D eigenvalue weighted by Crippen LogP contribution is 2.54. The van der Waals surface area contributed by atoms with Gasteiger partial charge >= 0.3 is 0 Å². The summed E-state index contributed by atoms with van der Waals surface area (Å²) in [7, 11) is 0. The highest BCUT2D eigenvalue weighted by Gasteiger charge is 2.58. The van der Waals surface area contributed by atoms with Gasteiger partial charge in [-0.05, 0) is 61.6 Å². The van der Waals surface area contributed by atoms with Gasteiger partial charge in [0.1, 0.15) is 5.75 Å². The van der Waals surface area contributed by atoms with E-state index in [2.05, 4.69) is 22.9 Å². The molecule has 7 rings (SSSR count). The number of aromatic nitrogens is 1. The lowest BCUT2D eigenvalue weighted by molar-refractivity contribution is -0.274. The van der Waals surface area contributed by atoms with Crippen LogP contribution in [0.15, 0.2) is 30.5 Å². The fourth-order valence-corrected chi connectivity index (χ4v) is 5.13. The van der Waals surface area contributed by atoms with Gasteiger partial charge in [-0.2, -0.15) is 0 Å². The molecule has 4 heteroatoms. The molecule has 1 aromatic heterocycles. The van der Waals surface area contributed by atoms with Crippen molar-refractivity contribution in [3.63, 3.8) is 0 Å². The van der Waals surface area contributed by atoms with Crippen molar-refractivity contribution < 1.29 is 9.84 Å². The number of hydrogen-bond acceptors (Lipinski definition) is 4. The molecule has 0 aliphatic carbocycles. The normalized spacial score (nSPS) is 38.3. The van der Waals surface area contributed by atoms with Crippen LogP contribution in [0.25, 0.3) is 10.9 Å². The number of phenolic OH excluding ortho intramolecular Hbond substituents is 1. The fourth-order valence-electron chi connectivity index (χ4n) is 5.13. The fraction of sp³-hybridized carbons (Fsp3) is 0.526. The molecule has 0 radical (unpaired) electrons. The van der Waals surface area contributed by atoms with E-state index in [0.29, 0.717) is 17.7 Å². The minimum atomic E-state index is 0.0179. The van der Waals surface area contributed by atoms with Crippen LogP contribution in [0.2, 0.25) is 0 Å². The van der Waals surface area contributed by atoms with Crippen molar-refractivity contribution in [1.82, 2.24) is 9.88 Å². The molecule has 1 aromatic carbocycles. The van der Waals surface area contributed by atoms with Crippen molar-refractivity contribution >= 4 is 10.9 Å². The lowest BCUT2D eigenvalue weighted by Gasteiger charge is -2.64. The van der Waals surface area contributed by atoms with Gasteiger partial charge in [0.15, 0.2) is 0 Å². The third-order valence-electron chi connectivity index (χ3n) is 6.35. The summed E-state index contributed by atoms with van der Waals surface area (Å²) in [6.45, 7) is 4.55. The summed E-state index contributed by atoms with van der Waals surface area (Å²) < 4.78 is 6.74. The zero-order valence-corrected chi connectivity index (χ0v) is 13.4. The Hall–Kier alpha value is -1.65. The largest absolute Gasteiger partial charge is 0.508 e. The first kappa shape index (κ1) is 13.8. The Morgan fingerprint density at radius 1 is 1.39 bits per heavy atom. The lowest BCUT2D eigenvalue weighted by Crippen LogP contribution is -2.70. The summed E-state index contributed by atoms with van der Waals surface area (Å²) in [5.74, 6) is 1.00. The van der Waals surface area contributed by atoms with Gasteiger partial charge in [-0.15, -0.1) is 0 Å². The van der Waals surface area contributed by atoms with Crippen LogP contribution >= 0.6 is 0 Å². The predicted octanol–water partition coefficient (Wildman–Crippen LogP) is 3.25. The van der Waals surface area contributed by atoms with Gasteiger partial charge in [-0.25, -0.2) is 0 Å². The van der Waals surface area contributed by atoms with E-state index in [-0.39, 0.29) is 11.7 Å². The van der Waals surface area contributed by atoms with Gasteiger partial charge in [0.05, 0.1) is 17.2 Å². The molecule has 5 aliphatic rings. The lowest BCUT2D eigenvalue weighted by atomic mass is 9.66. The Morgan fingerprint density at radius 3 is 3.09 bits per heavy atom. The molecule has 1 N–H and O–H groups in total. The van der Waals surface area contributed by atoms with Crippen molar-refractivity contribution in [3.8, 4) is 5.75 Å². The first-order valence-electron chi connectivity index (χ1n) is 8.70. The van der Waals surface area contributed by atoms with Crippen LogP contribution in [0.5, 0.6) is 5.75 Å². The SMILES string of the molecule is CCC12CN3CCC1CC3[C@@H](c1ccnc3ccc(O)cc13)O2. The van der Waals surface area contributed by atoms with E-state index in [0.717, 1.165) is 23.9 Å². The maximum absolute atomic E-state index is 9.91. The van der Waals surface area contributed by atoms with Crippen molar-refractivity contribution in [2.45, 2.75) is 43.9 Å². The minimum Gasteiger partial charge on any atom is -0.508 e. The van der Waals surface area contributed by atoms with E-state index in [1.54, 1.807) is 6.07 Å². The predicted molar refractivity (Wildman–Crippen MR) is 88.3 cm³/mol. The zero-order chi connectivity index (χ0) is 15.6. The number of rotatable bonds is 2. The van der Waals surface area contributed by atoms with E-state index in [4.69, 9.17) is 4.74 Å². The van der Waals surface area contributed by atoms with E-state index in [1.807, 2.05) is 18.3 Å². The summed E-state index contributed by atoms with van der Waals surface area (Å²) in [4.78, 5) is 7.08. The Labute approximate surface area is 136 Å².